The summed E-state index contributed by atoms with van der Waals surface area (Å²) in [6, 6.07) is 74.7. The van der Waals surface area contributed by atoms with E-state index in [0.29, 0.717) is 0 Å². The van der Waals surface area contributed by atoms with Crippen LogP contribution < -0.4 is 4.90 Å². The van der Waals surface area contributed by atoms with E-state index in [1.165, 1.54) is 55.3 Å². The van der Waals surface area contributed by atoms with Gasteiger partial charge in [-0.3, -0.25) is 0 Å². The summed E-state index contributed by atoms with van der Waals surface area (Å²) >= 11 is 0. The molecule has 3 nitrogen and oxygen atoms in total. The van der Waals surface area contributed by atoms with Gasteiger partial charge in [0.25, 0.3) is 0 Å². The summed E-state index contributed by atoms with van der Waals surface area (Å²) in [7, 11) is 0. The number of rotatable bonds is 6. The van der Waals surface area contributed by atoms with Crippen LogP contribution in [0.25, 0.3) is 82.8 Å². The van der Waals surface area contributed by atoms with Crippen LogP contribution in [0.2, 0.25) is 0 Å². The Kier molecular flexibility index (Phi) is 7.58. The minimum Gasteiger partial charge on any atom is -0.454 e. The Morgan fingerprint density at radius 3 is 1.90 bits per heavy atom. The second-order valence-corrected chi connectivity index (χ2v) is 16.5. The third kappa shape index (κ3) is 5.15. The summed E-state index contributed by atoms with van der Waals surface area (Å²) in [6.07, 6.45) is 0. The average molecular weight is 769 g/mol. The largest absolute Gasteiger partial charge is 0.454 e. The quantitative estimate of drug-likeness (QED) is 0.168. The highest BCUT2D eigenvalue weighted by molar-refractivity contribution is 6.13. The fourth-order valence-corrected chi connectivity index (χ4v) is 9.90. The molecular weight excluding hydrogens is 729 g/mol. The molecule has 60 heavy (non-hydrogen) atoms. The molecule has 0 N–H and O–H groups in total. The first kappa shape index (κ1) is 34.4. The predicted octanol–water partition coefficient (Wildman–Crippen LogP) is 15.8. The molecule has 0 saturated heterocycles. The lowest BCUT2D eigenvalue weighted by Crippen LogP contribution is -2.14. The van der Waals surface area contributed by atoms with E-state index in [9.17, 15) is 0 Å². The standard InChI is InChI=1S/C57H40N2O/c1-57(2)49-24-12-9-21-43(49)46-35-48-47-34-39(30-33-52(47)59(54(48)36-50(46)57)40-18-7-4-8-19-40)37-28-31-41(32-29-37)58(51-25-13-10-20-42(51)38-16-5-3-6-17-38)53-26-15-23-45-44-22-11-14-27-55(44)60-56(45)53/h3-36H,1-2H3. The lowest BCUT2D eigenvalue weighted by molar-refractivity contribution is 0.661. The molecule has 2 heterocycles. The van der Waals surface area contributed by atoms with Crippen LogP contribution in [-0.4, -0.2) is 4.57 Å². The van der Waals surface area contributed by atoms with Crippen molar-refractivity contribution in [3.05, 3.63) is 217 Å². The van der Waals surface area contributed by atoms with Gasteiger partial charge in [0, 0.05) is 43.9 Å². The van der Waals surface area contributed by atoms with Gasteiger partial charge in [0.1, 0.15) is 5.58 Å². The number of hydrogen-bond donors (Lipinski definition) is 0. The molecule has 284 valence electrons. The lowest BCUT2D eigenvalue weighted by atomic mass is 9.82. The summed E-state index contributed by atoms with van der Waals surface area (Å²) in [5, 5.41) is 4.72. The van der Waals surface area contributed by atoms with Gasteiger partial charge in [0.15, 0.2) is 5.58 Å². The fraction of sp³-hybridized carbons (Fsp3) is 0.0526. The van der Waals surface area contributed by atoms with E-state index in [0.717, 1.165) is 55.7 Å². The van der Waals surface area contributed by atoms with E-state index in [1.54, 1.807) is 0 Å². The Morgan fingerprint density at radius 2 is 1.07 bits per heavy atom. The Bertz CT molecular complexity index is 3450. The third-order valence-corrected chi connectivity index (χ3v) is 12.8. The SMILES string of the molecule is CC1(C)c2ccccc2-c2cc3c4cc(-c5ccc(N(c6ccccc6-c6ccccc6)c6cccc7c6oc6ccccc67)cc5)ccc4n(-c4ccccc4)c3cc21. The number of para-hydroxylation sites is 4. The van der Waals surface area contributed by atoms with Crippen LogP contribution in [0.4, 0.5) is 17.1 Å². The number of aromatic nitrogens is 1. The normalized spacial score (nSPS) is 13.0. The van der Waals surface area contributed by atoms with Crippen molar-refractivity contribution in [1.82, 2.24) is 4.57 Å². The van der Waals surface area contributed by atoms with Gasteiger partial charge in [-0.1, -0.05) is 153 Å². The van der Waals surface area contributed by atoms with Crippen LogP contribution in [0.15, 0.2) is 211 Å². The van der Waals surface area contributed by atoms with Gasteiger partial charge in [0.05, 0.1) is 22.4 Å². The number of fused-ring (bicyclic) bond motifs is 9. The summed E-state index contributed by atoms with van der Waals surface area (Å²) in [5.74, 6) is 0. The predicted molar refractivity (Wildman–Crippen MR) is 251 cm³/mol. The number of benzene rings is 9. The van der Waals surface area contributed by atoms with Gasteiger partial charge in [-0.25, -0.2) is 0 Å². The van der Waals surface area contributed by atoms with Crippen LogP contribution in [0.5, 0.6) is 0 Å². The molecule has 12 rings (SSSR count). The molecule has 0 aliphatic heterocycles. The Morgan fingerprint density at radius 1 is 0.417 bits per heavy atom. The van der Waals surface area contributed by atoms with E-state index in [1.807, 2.05) is 6.07 Å². The van der Waals surface area contributed by atoms with E-state index >= 15 is 0 Å². The molecule has 0 saturated carbocycles. The summed E-state index contributed by atoms with van der Waals surface area (Å²) in [6.45, 7) is 4.72. The van der Waals surface area contributed by atoms with Crippen molar-refractivity contribution in [1.29, 1.82) is 0 Å². The molecule has 11 aromatic rings. The first-order chi connectivity index (χ1) is 29.5. The first-order valence-corrected chi connectivity index (χ1v) is 20.8. The molecule has 0 bridgehead atoms. The van der Waals surface area contributed by atoms with Crippen LogP contribution in [0.1, 0.15) is 25.0 Å². The van der Waals surface area contributed by atoms with Crippen LogP contribution in [0, 0.1) is 0 Å². The van der Waals surface area contributed by atoms with E-state index in [4.69, 9.17) is 4.42 Å². The Balaban J connectivity index is 1.03. The maximum atomic E-state index is 6.67. The minimum absolute atomic E-state index is 0.0869. The van der Waals surface area contributed by atoms with Gasteiger partial charge >= 0.3 is 0 Å². The fourth-order valence-electron chi connectivity index (χ4n) is 9.90. The Hall–Kier alpha value is -7.62. The topological polar surface area (TPSA) is 21.3 Å². The maximum Gasteiger partial charge on any atom is 0.159 e. The number of anilines is 3. The van der Waals surface area contributed by atoms with Crippen molar-refractivity contribution >= 4 is 60.8 Å². The number of hydrogen-bond acceptors (Lipinski definition) is 2. The van der Waals surface area contributed by atoms with Crippen LogP contribution >= 0.6 is 0 Å². The van der Waals surface area contributed by atoms with Crippen molar-refractivity contribution in [3.8, 4) is 39.1 Å². The van der Waals surface area contributed by atoms with Crippen molar-refractivity contribution < 1.29 is 4.42 Å². The van der Waals surface area contributed by atoms with E-state index < -0.39 is 0 Å². The second kappa shape index (κ2) is 13.2. The zero-order valence-corrected chi connectivity index (χ0v) is 33.4. The molecule has 0 fully saturated rings. The molecule has 1 aliphatic rings. The second-order valence-electron chi connectivity index (χ2n) is 16.5. The summed E-state index contributed by atoms with van der Waals surface area (Å²) < 4.78 is 9.11. The van der Waals surface area contributed by atoms with Crippen molar-refractivity contribution in [3.63, 3.8) is 0 Å². The summed E-state index contributed by atoms with van der Waals surface area (Å²) in [5.41, 5.74) is 18.5. The molecule has 0 spiro atoms. The zero-order valence-electron chi connectivity index (χ0n) is 33.4. The Labute approximate surface area is 349 Å². The molecule has 1 aliphatic carbocycles. The average Bonchev–Trinajstić information content (AvgIpc) is 3.92. The lowest BCUT2D eigenvalue weighted by Gasteiger charge is -2.28. The van der Waals surface area contributed by atoms with Crippen molar-refractivity contribution in [2.75, 3.05) is 4.90 Å². The monoisotopic (exact) mass is 768 g/mol. The minimum atomic E-state index is -0.0869. The number of nitrogens with zero attached hydrogens (tertiary/aromatic N) is 2. The molecule has 0 unspecified atom stereocenters. The van der Waals surface area contributed by atoms with Crippen molar-refractivity contribution in [2.45, 2.75) is 19.3 Å². The highest BCUT2D eigenvalue weighted by Gasteiger charge is 2.36. The molecule has 3 heteroatoms. The highest BCUT2D eigenvalue weighted by atomic mass is 16.3. The zero-order chi connectivity index (χ0) is 40.0. The van der Waals surface area contributed by atoms with Crippen molar-refractivity contribution in [2.24, 2.45) is 0 Å². The van der Waals surface area contributed by atoms with Gasteiger partial charge in [-0.2, -0.15) is 0 Å². The first-order valence-electron chi connectivity index (χ1n) is 20.8. The molecule has 9 aromatic carbocycles. The molecule has 0 atom stereocenters. The van der Waals surface area contributed by atoms with E-state index in [2.05, 4.69) is 224 Å². The van der Waals surface area contributed by atoms with Gasteiger partial charge in [-0.15, -0.1) is 0 Å². The third-order valence-electron chi connectivity index (χ3n) is 12.8. The molecular formula is C57H40N2O. The van der Waals surface area contributed by atoms with Gasteiger partial charge < -0.3 is 13.9 Å². The molecule has 2 aromatic heterocycles. The van der Waals surface area contributed by atoms with Crippen LogP contribution in [-0.2, 0) is 5.41 Å². The van der Waals surface area contributed by atoms with E-state index in [-0.39, 0.29) is 5.41 Å². The van der Waals surface area contributed by atoms with Gasteiger partial charge in [0.2, 0.25) is 0 Å². The maximum absolute atomic E-state index is 6.67. The molecule has 0 radical (unpaired) electrons. The van der Waals surface area contributed by atoms with Crippen LogP contribution in [0.3, 0.4) is 0 Å². The summed E-state index contributed by atoms with van der Waals surface area (Å²) in [4.78, 5) is 2.35. The van der Waals surface area contributed by atoms with Gasteiger partial charge in [-0.05, 0) is 106 Å². The smallest absolute Gasteiger partial charge is 0.159 e. The molecule has 0 amide bonds. The highest BCUT2D eigenvalue weighted by Crippen LogP contribution is 2.51. The number of furan rings is 1.